The average Bonchev–Trinajstić information content (AvgIpc) is 2.53. The molecule has 21 heavy (non-hydrogen) atoms. The minimum absolute atomic E-state index is 0.250. The van der Waals surface area contributed by atoms with E-state index in [0.717, 1.165) is 17.3 Å². The molecule has 1 aromatic carbocycles. The van der Waals surface area contributed by atoms with Crippen molar-refractivity contribution in [1.82, 2.24) is 10.6 Å². The van der Waals surface area contributed by atoms with E-state index in [0.29, 0.717) is 6.04 Å². The van der Waals surface area contributed by atoms with E-state index in [2.05, 4.69) is 29.7 Å². The zero-order valence-electron chi connectivity index (χ0n) is 13.0. The third-order valence-electron chi connectivity index (χ3n) is 4.17. The van der Waals surface area contributed by atoms with Crippen molar-refractivity contribution in [3.05, 3.63) is 29.8 Å². The topological polar surface area (TPSA) is 33.3 Å². The molecular weight excluding hydrogens is 280 g/mol. The van der Waals surface area contributed by atoms with Gasteiger partial charge in [-0.15, -0.1) is 0 Å². The van der Waals surface area contributed by atoms with Crippen molar-refractivity contribution in [3.8, 4) is 5.75 Å². The number of hydrogen-bond acceptors (Lipinski definition) is 2. The van der Waals surface area contributed by atoms with Gasteiger partial charge in [-0.2, -0.15) is 0 Å². The summed E-state index contributed by atoms with van der Waals surface area (Å²) in [4.78, 5) is 0. The molecule has 1 fully saturated rings. The van der Waals surface area contributed by atoms with Crippen molar-refractivity contribution < 1.29 is 4.74 Å². The predicted octanol–water partition coefficient (Wildman–Crippen LogP) is 3.94. The first-order valence-electron chi connectivity index (χ1n) is 7.94. The monoisotopic (exact) mass is 306 g/mol. The Balaban J connectivity index is 1.89. The van der Waals surface area contributed by atoms with Gasteiger partial charge in [0.1, 0.15) is 5.75 Å². The number of ether oxygens (including phenoxy) is 1. The van der Waals surface area contributed by atoms with Crippen LogP contribution in [0.2, 0.25) is 0 Å². The van der Waals surface area contributed by atoms with Gasteiger partial charge in [-0.05, 0) is 49.2 Å². The zero-order valence-corrected chi connectivity index (χ0v) is 13.8. The van der Waals surface area contributed by atoms with E-state index in [1.54, 1.807) is 7.11 Å². The Morgan fingerprint density at radius 1 is 1.24 bits per heavy atom. The average molecular weight is 306 g/mol. The van der Waals surface area contributed by atoms with E-state index in [1.807, 2.05) is 12.1 Å². The second-order valence-corrected chi connectivity index (χ2v) is 6.09. The van der Waals surface area contributed by atoms with Gasteiger partial charge in [-0.1, -0.05) is 38.3 Å². The largest absolute Gasteiger partial charge is 0.497 e. The molecule has 3 nitrogen and oxygen atoms in total. The summed E-state index contributed by atoms with van der Waals surface area (Å²) in [6.07, 6.45) is 7.47. The van der Waals surface area contributed by atoms with Crippen molar-refractivity contribution in [2.24, 2.45) is 0 Å². The van der Waals surface area contributed by atoms with Crippen molar-refractivity contribution in [3.63, 3.8) is 0 Å². The lowest BCUT2D eigenvalue weighted by Gasteiger charge is -2.27. The number of rotatable bonds is 5. The molecule has 1 aliphatic rings. The van der Waals surface area contributed by atoms with Crippen molar-refractivity contribution in [1.29, 1.82) is 0 Å². The summed E-state index contributed by atoms with van der Waals surface area (Å²) in [6, 6.07) is 8.99. The molecule has 0 saturated heterocycles. The van der Waals surface area contributed by atoms with Gasteiger partial charge in [0.25, 0.3) is 0 Å². The molecule has 0 radical (unpaired) electrons. The fraction of sp³-hybridized carbons (Fsp3) is 0.588. The molecule has 116 valence electrons. The van der Waals surface area contributed by atoms with E-state index in [4.69, 9.17) is 17.0 Å². The number of thiocarbonyl (C=S) groups is 1. The van der Waals surface area contributed by atoms with Crippen LogP contribution in [0.15, 0.2) is 24.3 Å². The van der Waals surface area contributed by atoms with E-state index < -0.39 is 0 Å². The van der Waals surface area contributed by atoms with Crippen LogP contribution in [0.3, 0.4) is 0 Å². The molecule has 0 amide bonds. The summed E-state index contributed by atoms with van der Waals surface area (Å²) in [5.74, 6) is 0.886. The maximum absolute atomic E-state index is 5.48. The maximum Gasteiger partial charge on any atom is 0.166 e. The minimum Gasteiger partial charge on any atom is -0.497 e. The Hall–Kier alpha value is -1.29. The molecule has 0 aliphatic heterocycles. The highest BCUT2D eigenvalue weighted by Crippen LogP contribution is 2.21. The molecule has 2 N–H and O–H groups in total. The lowest BCUT2D eigenvalue weighted by atomic mass is 9.96. The van der Waals surface area contributed by atoms with E-state index >= 15 is 0 Å². The fourth-order valence-electron chi connectivity index (χ4n) is 2.89. The molecule has 1 saturated carbocycles. The summed E-state index contributed by atoms with van der Waals surface area (Å²) >= 11 is 5.48. The number of methoxy groups -OCH3 is 1. The highest BCUT2D eigenvalue weighted by Gasteiger charge is 2.16. The van der Waals surface area contributed by atoms with E-state index in [9.17, 15) is 0 Å². The maximum atomic E-state index is 5.48. The lowest BCUT2D eigenvalue weighted by molar-refractivity contribution is 0.409. The molecule has 2 rings (SSSR count). The molecule has 4 heteroatoms. The van der Waals surface area contributed by atoms with Crippen LogP contribution in [0.1, 0.15) is 57.1 Å². The fourth-order valence-corrected chi connectivity index (χ4v) is 3.20. The van der Waals surface area contributed by atoms with Crippen LogP contribution in [0.4, 0.5) is 0 Å². The molecular formula is C17H26N2OS. The first-order valence-corrected chi connectivity index (χ1v) is 8.34. The Morgan fingerprint density at radius 2 is 1.90 bits per heavy atom. The first kappa shape index (κ1) is 16.1. The summed E-state index contributed by atoms with van der Waals surface area (Å²) in [5, 5.41) is 7.70. The van der Waals surface area contributed by atoms with Gasteiger partial charge in [-0.3, -0.25) is 0 Å². The lowest BCUT2D eigenvalue weighted by Crippen LogP contribution is -2.43. The minimum atomic E-state index is 0.250. The molecule has 0 spiro atoms. The molecule has 1 atom stereocenters. The van der Waals surface area contributed by atoms with Gasteiger partial charge in [-0.25, -0.2) is 0 Å². The highest BCUT2D eigenvalue weighted by molar-refractivity contribution is 7.80. The van der Waals surface area contributed by atoms with Gasteiger partial charge < -0.3 is 15.4 Å². The van der Waals surface area contributed by atoms with E-state index in [-0.39, 0.29) is 6.04 Å². The molecule has 0 unspecified atom stereocenters. The highest BCUT2D eigenvalue weighted by atomic mass is 32.1. The van der Waals surface area contributed by atoms with Crippen LogP contribution in [-0.2, 0) is 0 Å². The summed E-state index contributed by atoms with van der Waals surface area (Å²) in [7, 11) is 1.69. The second-order valence-electron chi connectivity index (χ2n) is 5.69. The molecule has 0 bridgehead atoms. The van der Waals surface area contributed by atoms with Crippen LogP contribution >= 0.6 is 12.2 Å². The van der Waals surface area contributed by atoms with Crippen molar-refractivity contribution in [2.75, 3.05) is 7.11 Å². The Bertz CT molecular complexity index is 441. The molecule has 0 aromatic heterocycles. The van der Waals surface area contributed by atoms with Gasteiger partial charge in [0, 0.05) is 6.04 Å². The quantitative estimate of drug-likeness (QED) is 0.807. The van der Waals surface area contributed by atoms with Crippen LogP contribution in [0.5, 0.6) is 5.75 Å². The molecule has 0 heterocycles. The van der Waals surface area contributed by atoms with Crippen molar-refractivity contribution >= 4 is 17.3 Å². The normalized spacial score (nSPS) is 17.0. The first-order chi connectivity index (χ1) is 10.2. The summed E-state index contributed by atoms with van der Waals surface area (Å²) in [5.41, 5.74) is 1.24. The SMILES string of the molecule is CC[C@@H](NC(=S)NC1CCCCC1)c1ccc(OC)cc1. The second kappa shape index (κ2) is 8.23. The van der Waals surface area contributed by atoms with Gasteiger partial charge in [0.05, 0.1) is 13.2 Å². The van der Waals surface area contributed by atoms with Crippen LogP contribution < -0.4 is 15.4 Å². The van der Waals surface area contributed by atoms with E-state index in [1.165, 1.54) is 37.7 Å². The molecule has 1 aliphatic carbocycles. The van der Waals surface area contributed by atoms with Gasteiger partial charge in [0.15, 0.2) is 5.11 Å². The Morgan fingerprint density at radius 3 is 2.48 bits per heavy atom. The van der Waals surface area contributed by atoms with Crippen LogP contribution in [0, 0.1) is 0 Å². The van der Waals surface area contributed by atoms with Crippen LogP contribution in [0.25, 0.3) is 0 Å². The van der Waals surface area contributed by atoms with Crippen LogP contribution in [-0.4, -0.2) is 18.3 Å². The van der Waals surface area contributed by atoms with Gasteiger partial charge >= 0.3 is 0 Å². The summed E-state index contributed by atoms with van der Waals surface area (Å²) in [6.45, 7) is 2.17. The predicted molar refractivity (Wildman–Crippen MR) is 91.8 cm³/mol. The Kier molecular flexibility index (Phi) is 6.30. The van der Waals surface area contributed by atoms with Crippen molar-refractivity contribution in [2.45, 2.75) is 57.5 Å². The third kappa shape index (κ3) is 4.88. The van der Waals surface area contributed by atoms with Gasteiger partial charge in [0.2, 0.25) is 0 Å². The zero-order chi connectivity index (χ0) is 15.1. The number of nitrogens with one attached hydrogen (secondary N) is 2. The Labute approximate surface area is 133 Å². The summed E-state index contributed by atoms with van der Waals surface area (Å²) < 4.78 is 5.21. The third-order valence-corrected chi connectivity index (χ3v) is 4.41. The number of hydrogen-bond donors (Lipinski definition) is 2. The standard InChI is InChI=1S/C17H26N2OS/c1-3-16(13-9-11-15(20-2)12-10-13)19-17(21)18-14-7-5-4-6-8-14/h9-12,14,16H,3-8H2,1-2H3,(H2,18,19,21)/t16-/m1/s1. The smallest absolute Gasteiger partial charge is 0.166 e. The molecule has 1 aromatic rings. The number of benzene rings is 1.